The molecule has 0 atom stereocenters. The van der Waals surface area contributed by atoms with E-state index in [1.54, 1.807) is 11.8 Å². The van der Waals surface area contributed by atoms with Gasteiger partial charge in [0.2, 0.25) is 5.91 Å². The molecule has 3 nitrogen and oxygen atoms in total. The van der Waals surface area contributed by atoms with Gasteiger partial charge in [0.05, 0.1) is 5.75 Å². The molecule has 1 rings (SSSR count). The first kappa shape index (κ1) is 15.9. The highest BCUT2D eigenvalue weighted by Crippen LogP contribution is 2.26. The molecule has 1 amide bonds. The zero-order chi connectivity index (χ0) is 14.6. The standard InChI is InChI=1S/C15H24N2OS/c1-10(2)17(11(3)4)15(18)9-19-14-8-6-7-13(16)12(14)5/h6-8,10-11H,9,16H2,1-5H3. The lowest BCUT2D eigenvalue weighted by molar-refractivity contribution is -0.131. The van der Waals surface area contributed by atoms with Gasteiger partial charge >= 0.3 is 0 Å². The number of carbonyl (C=O) groups excluding carboxylic acids is 1. The Morgan fingerprint density at radius 1 is 1.26 bits per heavy atom. The van der Waals surface area contributed by atoms with E-state index >= 15 is 0 Å². The summed E-state index contributed by atoms with van der Waals surface area (Å²) in [5.74, 6) is 0.637. The summed E-state index contributed by atoms with van der Waals surface area (Å²) in [5, 5.41) is 0. The molecule has 0 spiro atoms. The van der Waals surface area contributed by atoms with Crippen LogP contribution in [-0.2, 0) is 4.79 Å². The predicted octanol–water partition coefficient (Wildman–Crippen LogP) is 3.31. The van der Waals surface area contributed by atoms with Gasteiger partial charge in [-0.2, -0.15) is 0 Å². The Bertz CT molecular complexity index is 436. The summed E-state index contributed by atoms with van der Waals surface area (Å²) in [6, 6.07) is 6.29. The van der Waals surface area contributed by atoms with E-state index in [2.05, 4.69) is 0 Å². The Balaban J connectivity index is 2.70. The summed E-state index contributed by atoms with van der Waals surface area (Å²) < 4.78 is 0. The summed E-state index contributed by atoms with van der Waals surface area (Å²) in [4.78, 5) is 15.3. The number of thioether (sulfide) groups is 1. The van der Waals surface area contributed by atoms with Gasteiger partial charge in [-0.3, -0.25) is 4.79 Å². The SMILES string of the molecule is Cc1c(N)cccc1SCC(=O)N(C(C)C)C(C)C. The Morgan fingerprint density at radius 2 is 1.84 bits per heavy atom. The van der Waals surface area contributed by atoms with Gasteiger partial charge in [-0.25, -0.2) is 0 Å². The topological polar surface area (TPSA) is 46.3 Å². The van der Waals surface area contributed by atoms with E-state index in [4.69, 9.17) is 5.73 Å². The number of rotatable bonds is 5. The molecule has 0 heterocycles. The summed E-state index contributed by atoms with van der Waals surface area (Å²) in [6.45, 7) is 10.2. The van der Waals surface area contributed by atoms with E-state index in [1.165, 1.54) is 0 Å². The van der Waals surface area contributed by atoms with Crippen LogP contribution in [0, 0.1) is 6.92 Å². The van der Waals surface area contributed by atoms with Crippen molar-refractivity contribution in [3.8, 4) is 0 Å². The van der Waals surface area contributed by atoms with Crippen molar-refractivity contribution >= 4 is 23.4 Å². The van der Waals surface area contributed by atoms with Crippen LogP contribution >= 0.6 is 11.8 Å². The number of carbonyl (C=O) groups is 1. The molecular formula is C15H24N2OS. The lowest BCUT2D eigenvalue weighted by Gasteiger charge is -2.30. The molecule has 0 aliphatic heterocycles. The number of anilines is 1. The number of nitrogen functional groups attached to an aromatic ring is 1. The molecule has 0 aliphatic rings. The minimum atomic E-state index is 0.178. The first-order valence-electron chi connectivity index (χ1n) is 6.63. The molecule has 19 heavy (non-hydrogen) atoms. The van der Waals surface area contributed by atoms with Gasteiger partial charge in [0.15, 0.2) is 0 Å². The number of hydrogen-bond donors (Lipinski definition) is 1. The number of nitrogens with zero attached hydrogens (tertiary/aromatic N) is 1. The third-order valence-corrected chi connectivity index (χ3v) is 4.22. The van der Waals surface area contributed by atoms with Crippen LogP contribution in [0.15, 0.2) is 23.1 Å². The van der Waals surface area contributed by atoms with Crippen molar-refractivity contribution in [3.63, 3.8) is 0 Å². The number of benzene rings is 1. The summed E-state index contributed by atoms with van der Waals surface area (Å²) in [7, 11) is 0. The number of nitrogens with two attached hydrogens (primary N) is 1. The van der Waals surface area contributed by atoms with Crippen LogP contribution in [0.5, 0.6) is 0 Å². The predicted molar refractivity (Wildman–Crippen MR) is 83.4 cm³/mol. The van der Waals surface area contributed by atoms with Crippen LogP contribution in [0.4, 0.5) is 5.69 Å². The molecule has 0 fully saturated rings. The van der Waals surface area contributed by atoms with Crippen LogP contribution in [0.25, 0.3) is 0 Å². The third-order valence-electron chi connectivity index (χ3n) is 3.08. The summed E-state index contributed by atoms with van der Waals surface area (Å²) >= 11 is 1.56. The van der Waals surface area contributed by atoms with E-state index < -0.39 is 0 Å². The lowest BCUT2D eigenvalue weighted by atomic mass is 10.2. The van der Waals surface area contributed by atoms with Crippen LogP contribution in [0.1, 0.15) is 33.3 Å². The highest BCUT2D eigenvalue weighted by Gasteiger charge is 2.20. The fraction of sp³-hybridized carbons (Fsp3) is 0.533. The van der Waals surface area contributed by atoms with Crippen molar-refractivity contribution in [3.05, 3.63) is 23.8 Å². The Labute approximate surface area is 120 Å². The van der Waals surface area contributed by atoms with E-state index in [0.717, 1.165) is 16.1 Å². The molecule has 0 aliphatic carbocycles. The minimum absolute atomic E-state index is 0.178. The molecule has 0 saturated heterocycles. The molecule has 0 radical (unpaired) electrons. The smallest absolute Gasteiger partial charge is 0.233 e. The van der Waals surface area contributed by atoms with Crippen LogP contribution < -0.4 is 5.73 Å². The van der Waals surface area contributed by atoms with Crippen molar-refractivity contribution in [1.29, 1.82) is 0 Å². The second-order valence-corrected chi connectivity index (χ2v) is 6.26. The maximum atomic E-state index is 12.3. The van der Waals surface area contributed by atoms with Gasteiger partial charge in [0.1, 0.15) is 0 Å². The minimum Gasteiger partial charge on any atom is -0.398 e. The quantitative estimate of drug-likeness (QED) is 0.665. The molecule has 1 aromatic carbocycles. The van der Waals surface area contributed by atoms with Crippen LogP contribution in [-0.4, -0.2) is 28.6 Å². The van der Waals surface area contributed by atoms with Crippen LogP contribution in [0.3, 0.4) is 0 Å². The van der Waals surface area contributed by atoms with Gasteiger partial charge < -0.3 is 10.6 Å². The van der Waals surface area contributed by atoms with E-state index in [-0.39, 0.29) is 18.0 Å². The molecule has 1 aromatic rings. The monoisotopic (exact) mass is 280 g/mol. The fourth-order valence-electron chi connectivity index (χ4n) is 2.17. The van der Waals surface area contributed by atoms with Gasteiger partial charge in [0, 0.05) is 22.7 Å². The molecule has 0 saturated carbocycles. The maximum Gasteiger partial charge on any atom is 0.233 e. The Hall–Kier alpha value is -1.16. The number of hydrogen-bond acceptors (Lipinski definition) is 3. The zero-order valence-corrected chi connectivity index (χ0v) is 13.3. The lowest BCUT2D eigenvalue weighted by Crippen LogP contribution is -2.43. The average molecular weight is 280 g/mol. The van der Waals surface area contributed by atoms with Gasteiger partial charge in [-0.05, 0) is 52.3 Å². The molecule has 4 heteroatoms. The van der Waals surface area contributed by atoms with Crippen molar-refractivity contribution in [1.82, 2.24) is 4.90 Å². The van der Waals surface area contributed by atoms with Crippen molar-refractivity contribution in [2.45, 2.75) is 51.6 Å². The van der Waals surface area contributed by atoms with Crippen molar-refractivity contribution in [2.24, 2.45) is 0 Å². The summed E-state index contributed by atoms with van der Waals surface area (Å²) in [6.07, 6.45) is 0. The van der Waals surface area contributed by atoms with E-state index in [1.807, 2.05) is 57.7 Å². The molecule has 2 N–H and O–H groups in total. The average Bonchev–Trinajstić information content (AvgIpc) is 2.30. The highest BCUT2D eigenvalue weighted by atomic mass is 32.2. The van der Waals surface area contributed by atoms with E-state index in [9.17, 15) is 4.79 Å². The van der Waals surface area contributed by atoms with Crippen LogP contribution in [0.2, 0.25) is 0 Å². The number of amides is 1. The maximum absolute atomic E-state index is 12.3. The largest absolute Gasteiger partial charge is 0.398 e. The molecule has 0 aromatic heterocycles. The summed E-state index contributed by atoms with van der Waals surface area (Å²) in [5.41, 5.74) is 7.71. The molecule has 0 bridgehead atoms. The van der Waals surface area contributed by atoms with Crippen molar-refractivity contribution < 1.29 is 4.79 Å². The van der Waals surface area contributed by atoms with Gasteiger partial charge in [-0.1, -0.05) is 6.07 Å². The van der Waals surface area contributed by atoms with Crippen molar-refractivity contribution in [2.75, 3.05) is 11.5 Å². The fourth-order valence-corrected chi connectivity index (χ4v) is 3.11. The normalized spacial score (nSPS) is 11.1. The molecule has 106 valence electrons. The van der Waals surface area contributed by atoms with E-state index in [0.29, 0.717) is 5.75 Å². The molecule has 0 unspecified atom stereocenters. The third kappa shape index (κ3) is 4.16. The second kappa shape index (κ2) is 6.85. The first-order valence-corrected chi connectivity index (χ1v) is 7.62. The molecular weight excluding hydrogens is 256 g/mol. The highest BCUT2D eigenvalue weighted by molar-refractivity contribution is 8.00. The first-order chi connectivity index (χ1) is 8.84. The second-order valence-electron chi connectivity index (χ2n) is 5.25. The zero-order valence-electron chi connectivity index (χ0n) is 12.4. The Morgan fingerprint density at radius 3 is 2.37 bits per heavy atom. The van der Waals surface area contributed by atoms with Gasteiger partial charge in [-0.15, -0.1) is 11.8 Å². The van der Waals surface area contributed by atoms with Gasteiger partial charge in [0.25, 0.3) is 0 Å². The Kier molecular flexibility index (Phi) is 5.73.